The molecule has 2 aromatic carbocycles. The number of fused-ring (bicyclic) bond motifs is 1. The van der Waals surface area contributed by atoms with E-state index in [-0.39, 0.29) is 0 Å². The molecule has 17 heavy (non-hydrogen) atoms. The molecule has 0 unspecified atom stereocenters. The third kappa shape index (κ3) is 1.92. The highest BCUT2D eigenvalue weighted by Gasteiger charge is 1.99. The van der Waals surface area contributed by atoms with Gasteiger partial charge in [0, 0.05) is 6.07 Å². The molecule has 0 atom stereocenters. The molecule has 0 bridgehead atoms. The van der Waals surface area contributed by atoms with Gasteiger partial charge in [0.1, 0.15) is 11.9 Å². The van der Waals surface area contributed by atoms with Crippen LogP contribution in [0.25, 0.3) is 11.0 Å². The number of aromatic nitrogens is 3. The number of benzene rings is 2. The summed E-state index contributed by atoms with van der Waals surface area (Å²) in [4.78, 5) is 4.28. The fraction of sp³-hybridized carbons (Fsp3) is 0. The summed E-state index contributed by atoms with van der Waals surface area (Å²) in [6, 6.07) is 18.3. The monoisotopic (exact) mass is 221 g/mol. The summed E-state index contributed by atoms with van der Waals surface area (Å²) in [5, 5.41) is 8.06. The predicted octanol–water partition coefficient (Wildman–Crippen LogP) is 2.44. The van der Waals surface area contributed by atoms with E-state index in [1.807, 2.05) is 48.5 Å². The maximum absolute atomic E-state index is 4.28. The van der Waals surface area contributed by atoms with E-state index >= 15 is 0 Å². The van der Waals surface area contributed by atoms with Crippen LogP contribution in [0.5, 0.6) is 0 Å². The molecule has 1 radical (unpaired) electrons. The minimum atomic E-state index is 0.770. The average Bonchev–Trinajstić information content (AvgIpc) is 2.81. The van der Waals surface area contributed by atoms with Gasteiger partial charge in [0.25, 0.3) is 0 Å². The van der Waals surface area contributed by atoms with Crippen molar-refractivity contribution in [1.82, 2.24) is 15.0 Å². The lowest BCUT2D eigenvalue weighted by atomic mass is 10.3. The van der Waals surface area contributed by atoms with E-state index in [4.69, 9.17) is 0 Å². The highest BCUT2D eigenvalue weighted by atomic mass is 15.4. The Morgan fingerprint density at radius 3 is 2.88 bits per heavy atom. The van der Waals surface area contributed by atoms with E-state index in [0.717, 1.165) is 16.7 Å². The van der Waals surface area contributed by atoms with Gasteiger partial charge < -0.3 is 0 Å². The number of rotatable bonds is 2. The van der Waals surface area contributed by atoms with Gasteiger partial charge in [-0.15, -0.1) is 5.10 Å². The van der Waals surface area contributed by atoms with Crippen LogP contribution in [-0.2, 0) is 0 Å². The summed E-state index contributed by atoms with van der Waals surface area (Å²) in [5.74, 6) is 0. The third-order valence-electron chi connectivity index (χ3n) is 2.38. The van der Waals surface area contributed by atoms with Crippen molar-refractivity contribution >= 4 is 23.1 Å². The Labute approximate surface area is 98.2 Å². The van der Waals surface area contributed by atoms with Gasteiger partial charge in [-0.05, 0) is 18.2 Å². The first-order valence-electron chi connectivity index (χ1n) is 5.24. The Balaban J connectivity index is 1.98. The Morgan fingerprint density at radius 2 is 2.00 bits per heavy atom. The average molecular weight is 221 g/mol. The van der Waals surface area contributed by atoms with Crippen molar-refractivity contribution in [2.75, 3.05) is 0 Å². The van der Waals surface area contributed by atoms with Gasteiger partial charge in [0.05, 0.1) is 11.2 Å². The van der Waals surface area contributed by atoms with Gasteiger partial charge in [-0.2, -0.15) is 0 Å². The number of nitrogens with zero attached hydrogens (tertiary/aromatic N) is 4. The number of hydrogen-bond acceptors (Lipinski definition) is 3. The summed E-state index contributed by atoms with van der Waals surface area (Å²) < 4.78 is 1.65. The first-order chi connectivity index (χ1) is 8.43. The molecule has 3 aromatic rings. The summed E-state index contributed by atoms with van der Waals surface area (Å²) in [5.41, 5.74) is 2.57. The van der Waals surface area contributed by atoms with Crippen molar-refractivity contribution in [3.05, 3.63) is 54.6 Å². The molecule has 1 heterocycles. The minimum absolute atomic E-state index is 0.770. The molecule has 1 aromatic heterocycles. The molecule has 0 spiro atoms. The molecule has 0 fully saturated rings. The number of para-hydroxylation sites is 2. The summed E-state index contributed by atoms with van der Waals surface area (Å²) >= 11 is 0. The Kier molecular flexibility index (Phi) is 2.38. The summed E-state index contributed by atoms with van der Waals surface area (Å²) in [7, 11) is 0. The van der Waals surface area contributed by atoms with E-state index in [1.165, 1.54) is 0 Å². The van der Waals surface area contributed by atoms with E-state index in [9.17, 15) is 0 Å². The van der Waals surface area contributed by atoms with E-state index in [0.29, 0.717) is 0 Å². The van der Waals surface area contributed by atoms with Crippen LogP contribution in [0.4, 0.5) is 5.69 Å². The standard InChI is InChI=1S/C13H9N4/c1-2-6-11(7-3-1)14-10-17-13-9-5-4-8-12(13)15-16-17/h1-6,8-10H. The van der Waals surface area contributed by atoms with Crippen molar-refractivity contribution in [3.63, 3.8) is 0 Å². The van der Waals surface area contributed by atoms with Crippen molar-refractivity contribution in [2.24, 2.45) is 4.99 Å². The van der Waals surface area contributed by atoms with Crippen molar-refractivity contribution in [2.45, 2.75) is 0 Å². The zero-order chi connectivity index (χ0) is 11.5. The second-order valence-corrected chi connectivity index (χ2v) is 3.52. The molecule has 0 aliphatic carbocycles. The van der Waals surface area contributed by atoms with E-state index in [1.54, 1.807) is 11.0 Å². The zero-order valence-electron chi connectivity index (χ0n) is 8.99. The largest absolute Gasteiger partial charge is 0.236 e. The van der Waals surface area contributed by atoms with Crippen LogP contribution in [0.1, 0.15) is 0 Å². The van der Waals surface area contributed by atoms with Gasteiger partial charge in [0.2, 0.25) is 0 Å². The first-order valence-corrected chi connectivity index (χ1v) is 5.24. The molecule has 0 aliphatic heterocycles. The van der Waals surface area contributed by atoms with E-state index < -0.39 is 0 Å². The lowest BCUT2D eigenvalue weighted by molar-refractivity contribution is 0.876. The summed E-state index contributed by atoms with van der Waals surface area (Å²) in [6.07, 6.45) is 1.64. The van der Waals surface area contributed by atoms with Crippen LogP contribution >= 0.6 is 0 Å². The zero-order valence-corrected chi connectivity index (χ0v) is 8.99. The molecule has 4 heteroatoms. The first kappa shape index (κ1) is 9.72. The fourth-order valence-electron chi connectivity index (χ4n) is 1.55. The van der Waals surface area contributed by atoms with Gasteiger partial charge in [0.15, 0.2) is 0 Å². The second-order valence-electron chi connectivity index (χ2n) is 3.52. The van der Waals surface area contributed by atoms with Crippen molar-refractivity contribution < 1.29 is 0 Å². The Morgan fingerprint density at radius 1 is 1.12 bits per heavy atom. The van der Waals surface area contributed by atoms with Crippen molar-refractivity contribution in [3.8, 4) is 0 Å². The topological polar surface area (TPSA) is 43.1 Å². The fourth-order valence-corrected chi connectivity index (χ4v) is 1.55. The molecule has 0 N–H and O–H groups in total. The molecule has 0 saturated carbocycles. The van der Waals surface area contributed by atoms with Gasteiger partial charge in [-0.3, -0.25) is 0 Å². The second kappa shape index (κ2) is 4.17. The number of aliphatic imine (C=N–C) groups is 1. The molecule has 4 nitrogen and oxygen atoms in total. The molecule has 81 valence electrons. The molecule has 0 amide bonds. The lowest BCUT2D eigenvalue weighted by Crippen LogP contribution is -1.96. The smallest absolute Gasteiger partial charge is 0.120 e. The molecule has 0 saturated heterocycles. The predicted molar refractivity (Wildman–Crippen MR) is 66.4 cm³/mol. The number of hydrogen-bond donors (Lipinski definition) is 0. The molecular formula is C13H9N4. The van der Waals surface area contributed by atoms with Gasteiger partial charge in [-0.1, -0.05) is 35.5 Å². The maximum atomic E-state index is 4.28. The van der Waals surface area contributed by atoms with Crippen LogP contribution in [0.2, 0.25) is 0 Å². The van der Waals surface area contributed by atoms with E-state index in [2.05, 4.69) is 21.4 Å². The molecule has 0 aliphatic rings. The normalized spacial score (nSPS) is 11.3. The Hall–Kier alpha value is -2.49. The van der Waals surface area contributed by atoms with Crippen LogP contribution in [0.3, 0.4) is 0 Å². The van der Waals surface area contributed by atoms with Gasteiger partial charge >= 0.3 is 0 Å². The quantitative estimate of drug-likeness (QED) is 0.492. The van der Waals surface area contributed by atoms with Crippen LogP contribution in [0.15, 0.2) is 53.5 Å². The maximum Gasteiger partial charge on any atom is 0.120 e. The highest BCUT2D eigenvalue weighted by Crippen LogP contribution is 2.10. The third-order valence-corrected chi connectivity index (χ3v) is 2.38. The SMILES string of the molecule is [c]1ccccc1N=Cn1nnc2ccccc21. The van der Waals surface area contributed by atoms with Crippen LogP contribution in [0, 0.1) is 6.07 Å². The Bertz CT molecular complexity index is 655. The molecular weight excluding hydrogens is 212 g/mol. The van der Waals surface area contributed by atoms with Crippen LogP contribution < -0.4 is 0 Å². The lowest BCUT2D eigenvalue weighted by Gasteiger charge is -1.93. The highest BCUT2D eigenvalue weighted by molar-refractivity contribution is 5.81. The van der Waals surface area contributed by atoms with Gasteiger partial charge in [-0.25, -0.2) is 9.67 Å². The van der Waals surface area contributed by atoms with Crippen molar-refractivity contribution in [1.29, 1.82) is 0 Å². The van der Waals surface area contributed by atoms with Crippen LogP contribution in [-0.4, -0.2) is 21.3 Å². The molecule has 3 rings (SSSR count). The minimum Gasteiger partial charge on any atom is -0.236 e. The summed E-state index contributed by atoms with van der Waals surface area (Å²) in [6.45, 7) is 0.